The van der Waals surface area contributed by atoms with Crippen LogP contribution in [0.25, 0.3) is 0 Å². The van der Waals surface area contributed by atoms with Crippen molar-refractivity contribution >= 4 is 42.8 Å². The van der Waals surface area contributed by atoms with Crippen LogP contribution in [0.5, 0.6) is 17.2 Å². The fourth-order valence-corrected chi connectivity index (χ4v) is 9.66. The van der Waals surface area contributed by atoms with Gasteiger partial charge in [0.1, 0.15) is 11.7 Å². The van der Waals surface area contributed by atoms with E-state index >= 15 is 0 Å². The topological polar surface area (TPSA) is 120 Å². The molecule has 0 amide bonds. The lowest BCUT2D eigenvalue weighted by molar-refractivity contribution is 0.174. The lowest BCUT2D eigenvalue weighted by Crippen LogP contribution is -2.19. The minimum atomic E-state index is -3.60. The van der Waals surface area contributed by atoms with Crippen molar-refractivity contribution in [3.05, 3.63) is 97.1 Å². The molecule has 4 aliphatic heterocycles. The van der Waals surface area contributed by atoms with E-state index in [0.717, 1.165) is 36.3 Å². The summed E-state index contributed by atoms with van der Waals surface area (Å²) in [4.78, 5) is 1.11. The van der Waals surface area contributed by atoms with E-state index in [1.807, 2.05) is 54.6 Å². The van der Waals surface area contributed by atoms with Crippen molar-refractivity contribution < 1.29 is 31.0 Å². The average Bonchev–Trinajstić information content (AvgIpc) is 3.71. The molecule has 0 bridgehead atoms. The first kappa shape index (κ1) is 28.7. The van der Waals surface area contributed by atoms with E-state index in [1.54, 1.807) is 11.8 Å². The number of para-hydroxylation sites is 5. The Morgan fingerprint density at radius 3 is 1.56 bits per heavy atom. The van der Waals surface area contributed by atoms with Gasteiger partial charge in [0.15, 0.2) is 36.3 Å². The van der Waals surface area contributed by atoms with Gasteiger partial charge in [-0.15, -0.1) is 0 Å². The number of ether oxygens (including phenoxy) is 3. The Hall–Kier alpha value is -3.87. The Balaban J connectivity index is 0.000000111. The van der Waals surface area contributed by atoms with E-state index in [2.05, 4.69) is 28.8 Å². The van der Waals surface area contributed by atoms with E-state index in [4.69, 9.17) is 14.2 Å². The van der Waals surface area contributed by atoms with Crippen LogP contribution in [0.4, 0.5) is 11.4 Å². The van der Waals surface area contributed by atoms with Crippen LogP contribution in [-0.2, 0) is 19.7 Å². The van der Waals surface area contributed by atoms with E-state index < -0.39 is 24.8 Å². The van der Waals surface area contributed by atoms with Gasteiger partial charge in [-0.2, -0.15) is 0 Å². The lowest BCUT2D eigenvalue weighted by atomic mass is 10.2. The van der Waals surface area contributed by atoms with Gasteiger partial charge in [-0.1, -0.05) is 60.3 Å². The Kier molecular flexibility index (Phi) is 8.91. The second-order valence-electron chi connectivity index (χ2n) is 8.90. The molecule has 214 valence electrons. The molecule has 8 rings (SSSR count). The van der Waals surface area contributed by atoms with Gasteiger partial charge in [0.2, 0.25) is 6.79 Å². The molecule has 0 fully saturated rings. The molecule has 0 aliphatic carbocycles. The zero-order valence-electron chi connectivity index (χ0n) is 21.9. The summed E-state index contributed by atoms with van der Waals surface area (Å²) in [5.74, 6) is 3.50. The maximum absolute atomic E-state index is 11.3. The van der Waals surface area contributed by atoms with E-state index in [1.165, 1.54) is 40.5 Å². The van der Waals surface area contributed by atoms with Gasteiger partial charge in [0, 0.05) is 13.1 Å². The maximum atomic E-state index is 11.3. The standard InChI is InChI=1S/C8H10N2.C7H6O4S2.C7H6O2.C7H6OS/c1-2-4-8-7(3-1)9-5-6-10-8;8-12(9)5-13(10,11)7-4-2-1-3-6(7)12;2*1-2-4-7-6(3-1)8-5-9-7/h1-4,9-10H,5-6H2;1-4H,5H2;2*1-4H,5H2. The third kappa shape index (κ3) is 7.07. The first-order valence-electron chi connectivity index (χ1n) is 12.6. The van der Waals surface area contributed by atoms with Crippen LogP contribution in [0.2, 0.25) is 0 Å². The number of rotatable bonds is 0. The zero-order chi connectivity index (χ0) is 28.7. The van der Waals surface area contributed by atoms with Gasteiger partial charge in [-0.25, -0.2) is 16.8 Å². The third-order valence-electron chi connectivity index (χ3n) is 6.07. The van der Waals surface area contributed by atoms with Gasteiger partial charge in [0.05, 0.1) is 26.1 Å². The molecule has 41 heavy (non-hydrogen) atoms. The van der Waals surface area contributed by atoms with Gasteiger partial charge in [0.25, 0.3) is 0 Å². The van der Waals surface area contributed by atoms with Crippen LogP contribution < -0.4 is 24.8 Å². The molecule has 0 radical (unpaired) electrons. The molecule has 4 heterocycles. The molecule has 12 heteroatoms. The SMILES string of the molecule is O=S1(=O)CS(=O)(=O)c2ccccc21.c1ccc2c(c1)NCCN2.c1ccc2c(c1)OCO2.c1ccc2c(c1)OCS2. The summed E-state index contributed by atoms with van der Waals surface area (Å²) in [7, 11) is -7.20. The molecular weight excluding hydrogens is 585 g/mol. The summed E-state index contributed by atoms with van der Waals surface area (Å²) < 4.78 is 60.6. The number of thioether (sulfide) groups is 1. The van der Waals surface area contributed by atoms with Gasteiger partial charge in [-0.3, -0.25) is 0 Å². The monoisotopic (exact) mass is 612 g/mol. The highest BCUT2D eigenvalue weighted by Crippen LogP contribution is 2.35. The Labute approximate surface area is 243 Å². The largest absolute Gasteiger partial charge is 0.481 e. The number of anilines is 2. The van der Waals surface area contributed by atoms with E-state index in [9.17, 15) is 16.8 Å². The smallest absolute Gasteiger partial charge is 0.231 e. The molecule has 0 saturated heterocycles. The first-order valence-corrected chi connectivity index (χ1v) is 16.9. The molecule has 0 spiro atoms. The predicted octanol–water partition coefficient (Wildman–Crippen LogP) is 5.27. The Morgan fingerprint density at radius 2 is 1.02 bits per heavy atom. The number of benzene rings is 4. The first-order chi connectivity index (χ1) is 19.8. The number of sulfone groups is 2. The van der Waals surface area contributed by atoms with Crippen molar-refractivity contribution in [1.29, 1.82) is 0 Å². The third-order valence-corrected chi connectivity index (χ3v) is 11.6. The number of nitrogens with one attached hydrogen (secondary N) is 2. The van der Waals surface area contributed by atoms with Crippen LogP contribution in [0, 0.1) is 0 Å². The van der Waals surface area contributed by atoms with Crippen molar-refractivity contribution in [3.63, 3.8) is 0 Å². The van der Waals surface area contributed by atoms with Crippen molar-refractivity contribution in [1.82, 2.24) is 0 Å². The number of fused-ring (bicyclic) bond motifs is 4. The zero-order valence-corrected chi connectivity index (χ0v) is 24.3. The highest BCUT2D eigenvalue weighted by atomic mass is 32.3. The lowest BCUT2D eigenvalue weighted by Gasteiger charge is -2.18. The molecule has 0 aromatic heterocycles. The van der Waals surface area contributed by atoms with Crippen LogP contribution in [0.3, 0.4) is 0 Å². The van der Waals surface area contributed by atoms with E-state index in [0.29, 0.717) is 6.79 Å². The molecule has 0 unspecified atom stereocenters. The minimum absolute atomic E-state index is 0.0741. The van der Waals surface area contributed by atoms with Crippen molar-refractivity contribution in [2.24, 2.45) is 0 Å². The highest BCUT2D eigenvalue weighted by Gasteiger charge is 2.38. The summed E-state index contributed by atoms with van der Waals surface area (Å²) in [5.41, 5.74) is 2.43. The van der Waals surface area contributed by atoms with E-state index in [-0.39, 0.29) is 9.79 Å². The van der Waals surface area contributed by atoms with Gasteiger partial charge < -0.3 is 24.8 Å². The summed E-state index contributed by atoms with van der Waals surface area (Å²) >= 11 is 1.75. The second-order valence-corrected chi connectivity index (χ2v) is 14.1. The second kappa shape index (κ2) is 12.8. The molecule has 0 saturated carbocycles. The van der Waals surface area contributed by atoms with Gasteiger partial charge in [-0.05, 0) is 48.5 Å². The normalized spacial score (nSPS) is 17.0. The number of hydrogen-bond donors (Lipinski definition) is 2. The molecule has 2 N–H and O–H groups in total. The molecule has 0 atom stereocenters. The van der Waals surface area contributed by atoms with Crippen LogP contribution in [0.15, 0.2) is 112 Å². The Bertz CT molecular complexity index is 1560. The molecular formula is C29H28N2O7S3. The van der Waals surface area contributed by atoms with Crippen LogP contribution in [-0.4, -0.2) is 47.7 Å². The van der Waals surface area contributed by atoms with Crippen LogP contribution >= 0.6 is 11.8 Å². The fourth-order valence-electron chi connectivity index (χ4n) is 4.17. The average molecular weight is 613 g/mol. The maximum Gasteiger partial charge on any atom is 0.231 e. The number of hydrogen-bond acceptors (Lipinski definition) is 10. The summed E-state index contributed by atoms with van der Waals surface area (Å²) in [6, 6.07) is 29.6. The van der Waals surface area contributed by atoms with Crippen molar-refractivity contribution in [2.45, 2.75) is 14.7 Å². The molecule has 9 nitrogen and oxygen atoms in total. The molecule has 4 aromatic carbocycles. The minimum Gasteiger partial charge on any atom is -0.481 e. The van der Waals surface area contributed by atoms with Crippen LogP contribution in [0.1, 0.15) is 0 Å². The Morgan fingerprint density at radius 1 is 0.561 bits per heavy atom. The summed E-state index contributed by atoms with van der Waals surface area (Å²) in [6.45, 7) is 2.41. The predicted molar refractivity (Wildman–Crippen MR) is 159 cm³/mol. The summed E-state index contributed by atoms with van der Waals surface area (Å²) in [5, 5.41) is 5.81. The van der Waals surface area contributed by atoms with Crippen molar-refractivity contribution in [2.75, 3.05) is 41.5 Å². The fraction of sp³-hybridized carbons (Fsp3) is 0.172. The quantitative estimate of drug-likeness (QED) is 0.272. The molecule has 4 aromatic rings. The van der Waals surface area contributed by atoms with Crippen molar-refractivity contribution in [3.8, 4) is 17.2 Å². The summed E-state index contributed by atoms with van der Waals surface area (Å²) in [6.07, 6.45) is 0. The van der Waals surface area contributed by atoms with Gasteiger partial charge >= 0.3 is 0 Å². The highest BCUT2D eigenvalue weighted by molar-refractivity contribution is 8.10. The molecule has 4 aliphatic rings.